The second-order valence-electron chi connectivity index (χ2n) is 4.99. The Morgan fingerprint density at radius 2 is 2.26 bits per heavy atom. The molecule has 1 aliphatic heterocycles. The van der Waals surface area contributed by atoms with Crippen molar-refractivity contribution in [3.63, 3.8) is 0 Å². The van der Waals surface area contributed by atoms with Crippen molar-refractivity contribution in [2.45, 2.75) is 25.6 Å². The number of benzene rings is 1. The molecular formula is C14H21FN2O2. The van der Waals surface area contributed by atoms with E-state index in [9.17, 15) is 9.50 Å². The number of hydrogen-bond donors (Lipinski definition) is 2. The molecule has 2 atom stereocenters. The third-order valence-corrected chi connectivity index (χ3v) is 3.36. The molecule has 1 aromatic rings. The van der Waals surface area contributed by atoms with Gasteiger partial charge in [0.1, 0.15) is 5.82 Å². The summed E-state index contributed by atoms with van der Waals surface area (Å²) in [4.78, 5) is 2.09. The molecule has 1 heterocycles. The monoisotopic (exact) mass is 268 g/mol. The summed E-state index contributed by atoms with van der Waals surface area (Å²) in [5.41, 5.74) is 1.76. The van der Waals surface area contributed by atoms with Gasteiger partial charge in [0.05, 0.1) is 19.3 Å². The standard InChI is InChI=1S/C14H21FN2O2/c1-10-9-19-14(8-18)7-17(10)13-4-11(6-16-2)3-12(15)5-13/h3-5,10,14,16,18H,6-9H2,1-2H3. The van der Waals surface area contributed by atoms with Crippen LogP contribution in [0.15, 0.2) is 18.2 Å². The summed E-state index contributed by atoms with van der Waals surface area (Å²) in [5, 5.41) is 12.2. The molecule has 4 nitrogen and oxygen atoms in total. The van der Waals surface area contributed by atoms with Gasteiger partial charge in [-0.3, -0.25) is 0 Å². The number of nitrogens with one attached hydrogen (secondary N) is 1. The lowest BCUT2D eigenvalue weighted by atomic mass is 10.1. The van der Waals surface area contributed by atoms with E-state index >= 15 is 0 Å². The molecule has 106 valence electrons. The Morgan fingerprint density at radius 3 is 2.95 bits per heavy atom. The average Bonchev–Trinajstić information content (AvgIpc) is 2.39. The van der Waals surface area contributed by atoms with Crippen LogP contribution < -0.4 is 10.2 Å². The van der Waals surface area contributed by atoms with E-state index in [-0.39, 0.29) is 24.6 Å². The summed E-state index contributed by atoms with van der Waals surface area (Å²) < 4.78 is 19.2. The van der Waals surface area contributed by atoms with Gasteiger partial charge in [0, 0.05) is 24.8 Å². The highest BCUT2D eigenvalue weighted by Crippen LogP contribution is 2.24. The van der Waals surface area contributed by atoms with Gasteiger partial charge in [0.15, 0.2) is 0 Å². The van der Waals surface area contributed by atoms with E-state index < -0.39 is 0 Å². The van der Waals surface area contributed by atoms with Crippen molar-refractivity contribution in [2.75, 3.05) is 31.7 Å². The number of morpholine rings is 1. The summed E-state index contributed by atoms with van der Waals surface area (Å²) in [6, 6.07) is 5.23. The molecule has 19 heavy (non-hydrogen) atoms. The highest BCUT2D eigenvalue weighted by atomic mass is 19.1. The Kier molecular flexibility index (Phi) is 4.74. The first-order chi connectivity index (χ1) is 9.13. The van der Waals surface area contributed by atoms with Gasteiger partial charge in [-0.05, 0) is 37.7 Å². The SMILES string of the molecule is CNCc1cc(F)cc(N2CC(CO)OCC2C)c1. The normalized spacial score (nSPS) is 23.7. The van der Waals surface area contributed by atoms with Crippen LogP contribution in [-0.2, 0) is 11.3 Å². The summed E-state index contributed by atoms with van der Waals surface area (Å²) in [6.07, 6.45) is -0.202. The largest absolute Gasteiger partial charge is 0.394 e. The topological polar surface area (TPSA) is 44.7 Å². The average molecular weight is 268 g/mol. The minimum absolute atomic E-state index is 0.0120. The highest BCUT2D eigenvalue weighted by molar-refractivity contribution is 5.50. The predicted octanol–water partition coefficient (Wildman–Crippen LogP) is 1.13. The molecule has 5 heteroatoms. The van der Waals surface area contributed by atoms with Crippen molar-refractivity contribution in [1.29, 1.82) is 0 Å². The third-order valence-electron chi connectivity index (χ3n) is 3.36. The number of hydrogen-bond acceptors (Lipinski definition) is 4. The number of halogens is 1. The quantitative estimate of drug-likeness (QED) is 0.859. The van der Waals surface area contributed by atoms with Gasteiger partial charge >= 0.3 is 0 Å². The van der Waals surface area contributed by atoms with Crippen LogP contribution in [0.2, 0.25) is 0 Å². The number of anilines is 1. The van der Waals surface area contributed by atoms with Crippen LogP contribution in [0.25, 0.3) is 0 Å². The second kappa shape index (κ2) is 6.32. The van der Waals surface area contributed by atoms with Crippen molar-refractivity contribution in [3.8, 4) is 0 Å². The van der Waals surface area contributed by atoms with Crippen molar-refractivity contribution in [3.05, 3.63) is 29.6 Å². The fourth-order valence-electron chi connectivity index (χ4n) is 2.39. The third kappa shape index (κ3) is 3.43. The summed E-state index contributed by atoms with van der Waals surface area (Å²) in [5.74, 6) is -0.234. The van der Waals surface area contributed by atoms with Crippen molar-refractivity contribution < 1.29 is 14.2 Å². The van der Waals surface area contributed by atoms with Gasteiger partial charge in [-0.25, -0.2) is 4.39 Å². The molecule has 0 aromatic heterocycles. The maximum Gasteiger partial charge on any atom is 0.125 e. The molecule has 1 aliphatic rings. The Balaban J connectivity index is 2.23. The maximum atomic E-state index is 13.7. The van der Waals surface area contributed by atoms with Crippen LogP contribution in [0.1, 0.15) is 12.5 Å². The molecular weight excluding hydrogens is 247 g/mol. The Bertz CT molecular complexity index is 428. The van der Waals surface area contributed by atoms with E-state index in [4.69, 9.17) is 4.74 Å². The molecule has 0 radical (unpaired) electrons. The molecule has 0 saturated carbocycles. The number of nitrogens with zero attached hydrogens (tertiary/aromatic N) is 1. The molecule has 0 spiro atoms. The van der Waals surface area contributed by atoms with Crippen LogP contribution in [0.4, 0.5) is 10.1 Å². The van der Waals surface area contributed by atoms with Crippen molar-refractivity contribution in [1.82, 2.24) is 5.32 Å². The fourth-order valence-corrected chi connectivity index (χ4v) is 2.39. The summed E-state index contributed by atoms with van der Waals surface area (Å²) >= 11 is 0. The lowest BCUT2D eigenvalue weighted by Crippen LogP contribution is -2.49. The molecule has 2 N–H and O–H groups in total. The maximum absolute atomic E-state index is 13.7. The van der Waals surface area contributed by atoms with E-state index in [1.807, 2.05) is 20.0 Å². The molecule has 2 unspecified atom stereocenters. The van der Waals surface area contributed by atoms with E-state index in [1.54, 1.807) is 0 Å². The fraction of sp³-hybridized carbons (Fsp3) is 0.571. The molecule has 1 aromatic carbocycles. The second-order valence-corrected chi connectivity index (χ2v) is 4.99. The van der Waals surface area contributed by atoms with E-state index in [2.05, 4.69) is 10.2 Å². The first kappa shape index (κ1) is 14.2. The van der Waals surface area contributed by atoms with E-state index in [0.29, 0.717) is 19.7 Å². The van der Waals surface area contributed by atoms with Gasteiger partial charge in [-0.15, -0.1) is 0 Å². The summed E-state index contributed by atoms with van der Waals surface area (Å²) in [7, 11) is 1.84. The number of ether oxygens (including phenoxy) is 1. The molecule has 1 saturated heterocycles. The first-order valence-electron chi connectivity index (χ1n) is 6.57. The molecule has 2 rings (SSSR count). The zero-order chi connectivity index (χ0) is 13.8. The highest BCUT2D eigenvalue weighted by Gasteiger charge is 2.26. The van der Waals surface area contributed by atoms with E-state index in [0.717, 1.165) is 11.3 Å². The Labute approximate surface area is 113 Å². The van der Waals surface area contributed by atoms with Crippen LogP contribution in [-0.4, -0.2) is 44.1 Å². The van der Waals surface area contributed by atoms with Crippen molar-refractivity contribution >= 4 is 5.69 Å². The van der Waals surface area contributed by atoms with Crippen LogP contribution in [0.3, 0.4) is 0 Å². The van der Waals surface area contributed by atoms with Gasteiger partial charge in [0.2, 0.25) is 0 Å². The lowest BCUT2D eigenvalue weighted by Gasteiger charge is -2.39. The van der Waals surface area contributed by atoms with Crippen molar-refractivity contribution in [2.24, 2.45) is 0 Å². The van der Waals surface area contributed by atoms with Crippen LogP contribution >= 0.6 is 0 Å². The lowest BCUT2D eigenvalue weighted by molar-refractivity contribution is -0.0103. The van der Waals surface area contributed by atoms with Crippen LogP contribution in [0, 0.1) is 5.82 Å². The number of aliphatic hydroxyl groups is 1. The molecule has 0 amide bonds. The van der Waals surface area contributed by atoms with Crippen LogP contribution in [0.5, 0.6) is 0 Å². The van der Waals surface area contributed by atoms with Gasteiger partial charge in [-0.2, -0.15) is 0 Å². The Hall–Kier alpha value is -1.17. The number of aliphatic hydroxyl groups excluding tert-OH is 1. The van der Waals surface area contributed by atoms with Gasteiger partial charge < -0.3 is 20.1 Å². The molecule has 1 fully saturated rings. The Morgan fingerprint density at radius 1 is 1.47 bits per heavy atom. The molecule has 0 aliphatic carbocycles. The minimum Gasteiger partial charge on any atom is -0.394 e. The first-order valence-corrected chi connectivity index (χ1v) is 6.57. The summed E-state index contributed by atoms with van der Waals surface area (Å²) in [6.45, 7) is 3.79. The minimum atomic E-state index is -0.234. The number of rotatable bonds is 4. The zero-order valence-electron chi connectivity index (χ0n) is 11.4. The predicted molar refractivity (Wildman–Crippen MR) is 72.8 cm³/mol. The smallest absolute Gasteiger partial charge is 0.125 e. The van der Waals surface area contributed by atoms with E-state index in [1.165, 1.54) is 12.1 Å². The van der Waals surface area contributed by atoms with Gasteiger partial charge in [0.25, 0.3) is 0 Å². The van der Waals surface area contributed by atoms with Gasteiger partial charge in [-0.1, -0.05) is 0 Å². The zero-order valence-corrected chi connectivity index (χ0v) is 11.4. The molecule has 0 bridgehead atoms.